The van der Waals surface area contributed by atoms with Crippen molar-refractivity contribution >= 4 is 43.9 Å². The first kappa shape index (κ1) is 26.7. The Balaban J connectivity index is 1.29. The van der Waals surface area contributed by atoms with Crippen LogP contribution in [-0.4, -0.2) is 4.57 Å². The van der Waals surface area contributed by atoms with Crippen molar-refractivity contribution in [2.75, 3.05) is 0 Å². The summed E-state index contributed by atoms with van der Waals surface area (Å²) in [6.45, 7) is 0. The highest BCUT2D eigenvalue weighted by atomic mass is 32.1. The highest BCUT2D eigenvalue weighted by Gasteiger charge is 2.19. The molecule has 2 heteroatoms. The van der Waals surface area contributed by atoms with Gasteiger partial charge in [-0.05, 0) is 64.2 Å². The van der Waals surface area contributed by atoms with Crippen LogP contribution in [0.1, 0.15) is 0 Å². The molecule has 0 amide bonds. The summed E-state index contributed by atoms with van der Waals surface area (Å²) >= 11 is 1.90. The standard InChI is InChI=1S/C44H29NS/c1-4-14-30(15-5-1)32-24-26-41-39(28-32)40-29-33(25-27-42(40)45(41)34-18-8-3-9-19-34)43-37-22-12-13-23-38(37)44(46-43)36-21-11-10-20-35(36)31-16-6-2-7-17-31/h1-29H. The fourth-order valence-corrected chi connectivity index (χ4v) is 8.20. The normalized spacial score (nSPS) is 11.5. The molecular formula is C44H29NS. The molecule has 9 rings (SSSR count). The first-order valence-corrected chi connectivity index (χ1v) is 16.5. The maximum Gasteiger partial charge on any atom is 0.0541 e. The van der Waals surface area contributed by atoms with Crippen LogP contribution in [0.4, 0.5) is 0 Å². The summed E-state index contributed by atoms with van der Waals surface area (Å²) in [5, 5.41) is 5.11. The summed E-state index contributed by atoms with van der Waals surface area (Å²) in [4.78, 5) is 2.61. The van der Waals surface area contributed by atoms with Crippen LogP contribution in [-0.2, 0) is 0 Å². The zero-order valence-corrected chi connectivity index (χ0v) is 25.9. The lowest BCUT2D eigenvalue weighted by molar-refractivity contribution is 1.18. The van der Waals surface area contributed by atoms with Crippen molar-refractivity contribution in [3.63, 3.8) is 0 Å². The molecule has 0 spiro atoms. The molecule has 0 saturated heterocycles. The van der Waals surface area contributed by atoms with Gasteiger partial charge in [0.15, 0.2) is 0 Å². The minimum Gasteiger partial charge on any atom is -0.309 e. The summed E-state index contributed by atoms with van der Waals surface area (Å²) in [7, 11) is 0. The monoisotopic (exact) mass is 603 g/mol. The molecule has 0 saturated carbocycles. The smallest absolute Gasteiger partial charge is 0.0541 e. The predicted molar refractivity (Wildman–Crippen MR) is 198 cm³/mol. The van der Waals surface area contributed by atoms with Gasteiger partial charge in [0.25, 0.3) is 0 Å². The fourth-order valence-electron chi connectivity index (χ4n) is 6.89. The van der Waals surface area contributed by atoms with E-state index in [9.17, 15) is 0 Å². The Bertz CT molecular complexity index is 2500. The van der Waals surface area contributed by atoms with Crippen LogP contribution < -0.4 is 0 Å². The zero-order valence-electron chi connectivity index (χ0n) is 25.1. The van der Waals surface area contributed by atoms with Gasteiger partial charge in [0.1, 0.15) is 0 Å². The molecule has 0 fully saturated rings. The summed E-state index contributed by atoms with van der Waals surface area (Å²) in [6, 6.07) is 63.7. The molecule has 0 radical (unpaired) electrons. The molecule has 216 valence electrons. The lowest BCUT2D eigenvalue weighted by Crippen LogP contribution is -1.93. The van der Waals surface area contributed by atoms with E-state index in [1.165, 1.54) is 81.4 Å². The maximum atomic E-state index is 2.41. The van der Waals surface area contributed by atoms with Crippen molar-refractivity contribution < 1.29 is 0 Å². The second-order valence-electron chi connectivity index (χ2n) is 11.7. The number of thiophene rings is 1. The average Bonchev–Trinajstić information content (AvgIpc) is 3.68. The van der Waals surface area contributed by atoms with Gasteiger partial charge in [0.05, 0.1) is 11.0 Å². The minimum atomic E-state index is 1.17. The van der Waals surface area contributed by atoms with E-state index in [2.05, 4.69) is 180 Å². The quantitative estimate of drug-likeness (QED) is 0.184. The van der Waals surface area contributed by atoms with Crippen molar-refractivity contribution in [2.24, 2.45) is 0 Å². The molecule has 46 heavy (non-hydrogen) atoms. The molecule has 2 heterocycles. The molecule has 0 atom stereocenters. The molecule has 0 aliphatic heterocycles. The molecule has 0 aliphatic rings. The Morgan fingerprint density at radius 1 is 0.326 bits per heavy atom. The average molecular weight is 604 g/mol. The highest BCUT2D eigenvalue weighted by Crippen LogP contribution is 2.47. The molecule has 2 aromatic heterocycles. The van der Waals surface area contributed by atoms with E-state index in [1.807, 2.05) is 11.3 Å². The van der Waals surface area contributed by atoms with Crippen molar-refractivity contribution in [3.05, 3.63) is 176 Å². The van der Waals surface area contributed by atoms with Gasteiger partial charge in [0.2, 0.25) is 0 Å². The molecule has 9 aromatic rings. The Kier molecular flexibility index (Phi) is 6.40. The maximum absolute atomic E-state index is 2.41. The fraction of sp³-hybridized carbons (Fsp3) is 0. The van der Waals surface area contributed by atoms with Crippen LogP contribution >= 0.6 is 11.3 Å². The van der Waals surface area contributed by atoms with Gasteiger partial charge in [-0.25, -0.2) is 0 Å². The number of benzene rings is 7. The molecule has 0 aliphatic carbocycles. The van der Waals surface area contributed by atoms with E-state index >= 15 is 0 Å². The van der Waals surface area contributed by atoms with Crippen LogP contribution in [0, 0.1) is 0 Å². The van der Waals surface area contributed by atoms with E-state index in [4.69, 9.17) is 0 Å². The third-order valence-electron chi connectivity index (χ3n) is 9.03. The summed E-state index contributed by atoms with van der Waals surface area (Å²) in [6.07, 6.45) is 0. The second-order valence-corrected chi connectivity index (χ2v) is 12.7. The largest absolute Gasteiger partial charge is 0.309 e. The number of hydrogen-bond donors (Lipinski definition) is 0. The van der Waals surface area contributed by atoms with E-state index in [0.717, 1.165) is 0 Å². The minimum absolute atomic E-state index is 1.17. The first-order chi connectivity index (χ1) is 22.8. The zero-order chi connectivity index (χ0) is 30.5. The Morgan fingerprint density at radius 2 is 0.826 bits per heavy atom. The van der Waals surface area contributed by atoms with Gasteiger partial charge in [-0.2, -0.15) is 0 Å². The van der Waals surface area contributed by atoms with Crippen molar-refractivity contribution in [1.82, 2.24) is 4.57 Å². The predicted octanol–water partition coefficient (Wildman–Crippen LogP) is 12.7. The lowest BCUT2D eigenvalue weighted by Gasteiger charge is -2.09. The van der Waals surface area contributed by atoms with Crippen LogP contribution in [0.2, 0.25) is 0 Å². The molecule has 1 nitrogen and oxygen atoms in total. The number of fused-ring (bicyclic) bond motifs is 4. The van der Waals surface area contributed by atoms with E-state index in [0.29, 0.717) is 0 Å². The van der Waals surface area contributed by atoms with E-state index < -0.39 is 0 Å². The van der Waals surface area contributed by atoms with Crippen molar-refractivity contribution in [3.8, 4) is 48.8 Å². The molecule has 7 aromatic carbocycles. The first-order valence-electron chi connectivity index (χ1n) is 15.7. The second kappa shape index (κ2) is 11.0. The summed E-state index contributed by atoms with van der Waals surface area (Å²) < 4.78 is 2.40. The van der Waals surface area contributed by atoms with E-state index in [-0.39, 0.29) is 0 Å². The lowest BCUT2D eigenvalue weighted by atomic mass is 9.96. The van der Waals surface area contributed by atoms with Gasteiger partial charge in [0, 0.05) is 42.6 Å². The van der Waals surface area contributed by atoms with Gasteiger partial charge < -0.3 is 4.57 Å². The Labute approximate surface area is 272 Å². The van der Waals surface area contributed by atoms with Crippen molar-refractivity contribution in [1.29, 1.82) is 0 Å². The number of rotatable bonds is 5. The third kappa shape index (κ3) is 4.38. The van der Waals surface area contributed by atoms with Gasteiger partial charge in [-0.3, -0.25) is 0 Å². The van der Waals surface area contributed by atoms with Crippen LogP contribution in [0.15, 0.2) is 176 Å². The topological polar surface area (TPSA) is 4.93 Å². The van der Waals surface area contributed by atoms with Gasteiger partial charge in [-0.15, -0.1) is 11.3 Å². The van der Waals surface area contributed by atoms with Crippen LogP contribution in [0.5, 0.6) is 0 Å². The molecule has 0 unspecified atom stereocenters. The third-order valence-corrected chi connectivity index (χ3v) is 10.3. The van der Waals surface area contributed by atoms with Gasteiger partial charge >= 0.3 is 0 Å². The number of hydrogen-bond acceptors (Lipinski definition) is 1. The molecular weight excluding hydrogens is 575 g/mol. The van der Waals surface area contributed by atoms with Crippen molar-refractivity contribution in [2.45, 2.75) is 0 Å². The number of para-hydroxylation sites is 1. The van der Waals surface area contributed by atoms with Crippen LogP contribution in [0.3, 0.4) is 0 Å². The SMILES string of the molecule is c1ccc(-c2ccc3c(c2)c2cc(-c4sc(-c5ccccc5-c5ccccc5)c5ccccc45)ccc2n3-c2ccccc2)cc1. The summed E-state index contributed by atoms with van der Waals surface area (Å²) in [5.41, 5.74) is 11.1. The van der Waals surface area contributed by atoms with E-state index in [1.54, 1.807) is 0 Å². The van der Waals surface area contributed by atoms with Gasteiger partial charge in [-0.1, -0.05) is 140 Å². The summed E-state index contributed by atoms with van der Waals surface area (Å²) in [5.74, 6) is 0. The Hall–Kier alpha value is -5.70. The Morgan fingerprint density at radius 3 is 1.50 bits per heavy atom. The highest BCUT2D eigenvalue weighted by molar-refractivity contribution is 7.21. The van der Waals surface area contributed by atoms with Crippen LogP contribution in [0.25, 0.3) is 81.4 Å². The molecule has 0 bridgehead atoms. The number of aromatic nitrogens is 1. The molecule has 0 N–H and O–H groups in total. The number of nitrogens with zero attached hydrogens (tertiary/aromatic N) is 1.